The second-order valence-corrected chi connectivity index (χ2v) is 9.35. The van der Waals surface area contributed by atoms with E-state index in [9.17, 15) is 0 Å². The van der Waals surface area contributed by atoms with Crippen LogP contribution >= 0.6 is 11.6 Å². The molecular formula is C28H30ClN3. The zero-order valence-corrected chi connectivity index (χ0v) is 19.2. The highest BCUT2D eigenvalue weighted by Gasteiger charge is 2.37. The molecule has 0 saturated carbocycles. The minimum atomic E-state index is -0.0816. The Labute approximate surface area is 196 Å². The SMILES string of the molecule is Clc1ccc(C2(CCCN3CCN(c4ccccc4)CC3)CN=Cc3ccccc32)cc1. The van der Waals surface area contributed by atoms with E-state index in [0.29, 0.717) is 0 Å². The average molecular weight is 444 g/mol. The molecule has 3 aromatic carbocycles. The highest BCUT2D eigenvalue weighted by molar-refractivity contribution is 6.30. The van der Waals surface area contributed by atoms with Crippen LogP contribution in [0, 0.1) is 0 Å². The third-order valence-corrected chi connectivity index (χ3v) is 7.29. The minimum absolute atomic E-state index is 0.0816. The number of piperazine rings is 1. The van der Waals surface area contributed by atoms with Crippen LogP contribution in [0.15, 0.2) is 83.9 Å². The lowest BCUT2D eigenvalue weighted by Crippen LogP contribution is -2.47. The maximum atomic E-state index is 6.22. The molecule has 2 heterocycles. The quantitative estimate of drug-likeness (QED) is 0.489. The Morgan fingerprint density at radius 1 is 0.812 bits per heavy atom. The molecule has 0 radical (unpaired) electrons. The Kier molecular flexibility index (Phi) is 6.29. The predicted molar refractivity (Wildman–Crippen MR) is 135 cm³/mol. The zero-order chi connectivity index (χ0) is 21.8. The third kappa shape index (κ3) is 4.32. The number of fused-ring (bicyclic) bond motifs is 1. The molecule has 3 aromatic rings. The standard InChI is InChI=1S/C28H30ClN3/c29-25-13-11-24(12-14-25)28(22-30-21-23-7-4-5-10-27(23)28)15-6-16-31-17-19-32(20-18-31)26-8-2-1-3-9-26/h1-5,7-14,21H,6,15-20,22H2. The summed E-state index contributed by atoms with van der Waals surface area (Å²) in [6, 6.07) is 27.9. The maximum absolute atomic E-state index is 6.22. The van der Waals surface area contributed by atoms with Gasteiger partial charge in [-0.25, -0.2) is 0 Å². The van der Waals surface area contributed by atoms with Gasteiger partial charge in [-0.2, -0.15) is 0 Å². The summed E-state index contributed by atoms with van der Waals surface area (Å²) in [5.41, 5.74) is 5.21. The van der Waals surface area contributed by atoms with Crippen LogP contribution in [0.5, 0.6) is 0 Å². The number of halogens is 1. The highest BCUT2D eigenvalue weighted by atomic mass is 35.5. The summed E-state index contributed by atoms with van der Waals surface area (Å²) in [6.45, 7) is 6.37. The van der Waals surface area contributed by atoms with E-state index in [1.165, 1.54) is 22.4 Å². The largest absolute Gasteiger partial charge is 0.369 e. The topological polar surface area (TPSA) is 18.8 Å². The summed E-state index contributed by atoms with van der Waals surface area (Å²) in [6.07, 6.45) is 4.27. The fourth-order valence-corrected chi connectivity index (χ4v) is 5.40. The van der Waals surface area contributed by atoms with Gasteiger partial charge in [-0.05, 0) is 60.3 Å². The number of anilines is 1. The van der Waals surface area contributed by atoms with Gasteiger partial charge >= 0.3 is 0 Å². The van der Waals surface area contributed by atoms with Crippen molar-refractivity contribution in [2.24, 2.45) is 4.99 Å². The lowest BCUT2D eigenvalue weighted by atomic mass is 9.69. The third-order valence-electron chi connectivity index (χ3n) is 7.04. The molecule has 0 bridgehead atoms. The van der Waals surface area contributed by atoms with Crippen molar-refractivity contribution in [2.75, 3.05) is 44.2 Å². The first kappa shape index (κ1) is 21.2. The molecule has 0 N–H and O–H groups in total. The van der Waals surface area contributed by atoms with E-state index in [0.717, 1.165) is 57.1 Å². The molecule has 164 valence electrons. The first-order chi connectivity index (χ1) is 15.7. The summed E-state index contributed by atoms with van der Waals surface area (Å²) in [7, 11) is 0. The molecule has 5 rings (SSSR count). The smallest absolute Gasteiger partial charge is 0.0527 e. The molecule has 0 amide bonds. The van der Waals surface area contributed by atoms with Gasteiger partial charge in [0.05, 0.1) is 6.54 Å². The molecule has 0 spiro atoms. The van der Waals surface area contributed by atoms with Crippen molar-refractivity contribution in [1.82, 2.24) is 4.90 Å². The Bertz CT molecular complexity index is 1060. The van der Waals surface area contributed by atoms with Gasteiger partial charge in [-0.3, -0.25) is 9.89 Å². The first-order valence-electron chi connectivity index (χ1n) is 11.6. The van der Waals surface area contributed by atoms with Crippen molar-refractivity contribution in [3.05, 3.63) is 101 Å². The Morgan fingerprint density at radius 3 is 2.31 bits per heavy atom. The average Bonchev–Trinajstić information content (AvgIpc) is 2.85. The van der Waals surface area contributed by atoms with E-state index < -0.39 is 0 Å². The highest BCUT2D eigenvalue weighted by Crippen LogP contribution is 2.41. The molecular weight excluding hydrogens is 414 g/mol. The van der Waals surface area contributed by atoms with Crippen molar-refractivity contribution in [1.29, 1.82) is 0 Å². The lowest BCUT2D eigenvalue weighted by molar-refractivity contribution is 0.245. The fourth-order valence-electron chi connectivity index (χ4n) is 5.28. The van der Waals surface area contributed by atoms with Crippen LogP contribution in [0.4, 0.5) is 5.69 Å². The molecule has 3 nitrogen and oxygen atoms in total. The summed E-state index contributed by atoms with van der Waals surface area (Å²) >= 11 is 6.22. The van der Waals surface area contributed by atoms with Crippen molar-refractivity contribution in [2.45, 2.75) is 18.3 Å². The monoisotopic (exact) mass is 443 g/mol. The zero-order valence-electron chi connectivity index (χ0n) is 18.5. The Balaban J connectivity index is 1.28. The van der Waals surface area contributed by atoms with Crippen LogP contribution in [-0.2, 0) is 5.41 Å². The van der Waals surface area contributed by atoms with Crippen LogP contribution in [0.3, 0.4) is 0 Å². The molecule has 2 aliphatic rings. The summed E-state index contributed by atoms with van der Waals surface area (Å²) in [5, 5.41) is 0.785. The van der Waals surface area contributed by atoms with Gasteiger partial charge in [0.1, 0.15) is 0 Å². The van der Waals surface area contributed by atoms with E-state index in [-0.39, 0.29) is 5.41 Å². The van der Waals surface area contributed by atoms with E-state index in [1.54, 1.807) is 0 Å². The van der Waals surface area contributed by atoms with Crippen LogP contribution in [-0.4, -0.2) is 50.4 Å². The summed E-state index contributed by atoms with van der Waals surface area (Å²) in [5.74, 6) is 0. The first-order valence-corrected chi connectivity index (χ1v) is 12.0. The Hall–Kier alpha value is -2.62. The fraction of sp³-hybridized carbons (Fsp3) is 0.321. The van der Waals surface area contributed by atoms with Crippen molar-refractivity contribution in [3.8, 4) is 0 Å². The van der Waals surface area contributed by atoms with E-state index in [2.05, 4.69) is 76.5 Å². The number of nitrogens with zero attached hydrogens (tertiary/aromatic N) is 3. The molecule has 1 unspecified atom stereocenters. The molecule has 32 heavy (non-hydrogen) atoms. The number of para-hydroxylation sites is 1. The van der Waals surface area contributed by atoms with Gasteiger partial charge in [0.25, 0.3) is 0 Å². The number of benzene rings is 3. The number of rotatable bonds is 6. The van der Waals surface area contributed by atoms with Gasteiger partial charge in [-0.1, -0.05) is 66.2 Å². The molecule has 0 aromatic heterocycles. The van der Waals surface area contributed by atoms with E-state index in [4.69, 9.17) is 16.6 Å². The summed E-state index contributed by atoms with van der Waals surface area (Å²) in [4.78, 5) is 9.92. The predicted octanol–water partition coefficient (Wildman–Crippen LogP) is 5.66. The van der Waals surface area contributed by atoms with Crippen molar-refractivity contribution in [3.63, 3.8) is 0 Å². The van der Waals surface area contributed by atoms with Crippen molar-refractivity contribution >= 4 is 23.5 Å². The molecule has 1 saturated heterocycles. The van der Waals surface area contributed by atoms with Crippen LogP contribution < -0.4 is 4.90 Å². The normalized spacial score (nSPS) is 20.8. The molecule has 1 atom stereocenters. The van der Waals surface area contributed by atoms with Gasteiger partial charge in [0, 0.05) is 48.5 Å². The van der Waals surface area contributed by atoms with Gasteiger partial charge in [0.15, 0.2) is 0 Å². The van der Waals surface area contributed by atoms with Gasteiger partial charge in [-0.15, -0.1) is 0 Å². The van der Waals surface area contributed by atoms with Gasteiger partial charge < -0.3 is 4.90 Å². The van der Waals surface area contributed by atoms with Crippen LogP contribution in [0.25, 0.3) is 0 Å². The van der Waals surface area contributed by atoms with Crippen molar-refractivity contribution < 1.29 is 0 Å². The second-order valence-electron chi connectivity index (χ2n) is 8.91. The van der Waals surface area contributed by atoms with Gasteiger partial charge in [0.2, 0.25) is 0 Å². The molecule has 2 aliphatic heterocycles. The maximum Gasteiger partial charge on any atom is 0.0527 e. The molecule has 4 heteroatoms. The molecule has 0 aliphatic carbocycles. The number of hydrogen-bond donors (Lipinski definition) is 0. The van der Waals surface area contributed by atoms with E-state index in [1.807, 2.05) is 18.3 Å². The van der Waals surface area contributed by atoms with Crippen LogP contribution in [0.1, 0.15) is 29.5 Å². The second kappa shape index (κ2) is 9.48. The summed E-state index contributed by atoms with van der Waals surface area (Å²) < 4.78 is 0. The van der Waals surface area contributed by atoms with E-state index >= 15 is 0 Å². The Morgan fingerprint density at radius 2 is 1.53 bits per heavy atom. The number of aliphatic imine (C=N–C) groups is 1. The lowest BCUT2D eigenvalue weighted by Gasteiger charge is -2.39. The number of hydrogen-bond acceptors (Lipinski definition) is 3. The van der Waals surface area contributed by atoms with Crippen LogP contribution in [0.2, 0.25) is 5.02 Å². The molecule has 1 fully saturated rings. The minimum Gasteiger partial charge on any atom is -0.369 e.